The van der Waals surface area contributed by atoms with Crippen molar-refractivity contribution >= 4 is 5.91 Å². The highest BCUT2D eigenvalue weighted by Crippen LogP contribution is 2.45. The molecule has 0 aromatic heterocycles. The number of aliphatic hydroxyl groups is 1. The topological polar surface area (TPSA) is 66.6 Å². The second-order valence-electron chi connectivity index (χ2n) is 6.20. The minimum atomic E-state index is -0.549. The Morgan fingerprint density at radius 1 is 1.24 bits per heavy atom. The van der Waals surface area contributed by atoms with Crippen molar-refractivity contribution in [3.8, 4) is 0 Å². The summed E-state index contributed by atoms with van der Waals surface area (Å²) in [5.41, 5.74) is 5.36. The zero-order chi connectivity index (χ0) is 12.0. The molecule has 0 bridgehead atoms. The molecule has 17 heavy (non-hydrogen) atoms. The van der Waals surface area contributed by atoms with Crippen LogP contribution in [0.3, 0.4) is 0 Å². The van der Waals surface area contributed by atoms with E-state index < -0.39 is 5.60 Å². The van der Waals surface area contributed by atoms with Crippen LogP contribution in [0.5, 0.6) is 0 Å². The van der Waals surface area contributed by atoms with Crippen molar-refractivity contribution < 1.29 is 9.90 Å². The minimum absolute atomic E-state index is 0.113. The standard InChI is InChI=1S/C13H22N2O2/c14-11-3-1-2-9(6-11)12(16)15-7-13(17,8-15)10-4-5-10/h9-11,17H,1-8,14H2. The van der Waals surface area contributed by atoms with Crippen LogP contribution in [0.25, 0.3) is 0 Å². The highest BCUT2D eigenvalue weighted by Gasteiger charge is 2.53. The Kier molecular flexibility index (Phi) is 2.67. The zero-order valence-corrected chi connectivity index (χ0v) is 10.3. The molecular weight excluding hydrogens is 216 g/mol. The van der Waals surface area contributed by atoms with Crippen LogP contribution in [-0.4, -0.2) is 40.6 Å². The van der Waals surface area contributed by atoms with Crippen LogP contribution in [0.4, 0.5) is 0 Å². The summed E-state index contributed by atoms with van der Waals surface area (Å²) in [4.78, 5) is 14.1. The van der Waals surface area contributed by atoms with Gasteiger partial charge in [0.1, 0.15) is 5.60 Å². The Labute approximate surface area is 102 Å². The Morgan fingerprint density at radius 2 is 1.94 bits per heavy atom. The van der Waals surface area contributed by atoms with Crippen molar-refractivity contribution in [3.05, 3.63) is 0 Å². The molecule has 0 aromatic carbocycles. The predicted octanol–water partition coefficient (Wildman–Crippen LogP) is 0.487. The Balaban J connectivity index is 1.53. The van der Waals surface area contributed by atoms with Gasteiger partial charge in [0.25, 0.3) is 0 Å². The summed E-state index contributed by atoms with van der Waals surface area (Å²) < 4.78 is 0. The molecule has 2 atom stereocenters. The number of carbonyl (C=O) groups is 1. The molecule has 3 fully saturated rings. The molecular formula is C13H22N2O2. The lowest BCUT2D eigenvalue weighted by molar-refractivity contribution is -0.164. The lowest BCUT2D eigenvalue weighted by Crippen LogP contribution is -2.65. The summed E-state index contributed by atoms with van der Waals surface area (Å²) in [6.07, 6.45) is 6.19. The van der Waals surface area contributed by atoms with E-state index in [1.807, 2.05) is 4.90 Å². The van der Waals surface area contributed by atoms with Gasteiger partial charge in [-0.05, 0) is 38.0 Å². The largest absolute Gasteiger partial charge is 0.386 e. The summed E-state index contributed by atoms with van der Waals surface area (Å²) in [7, 11) is 0. The first kappa shape index (κ1) is 11.5. The molecule has 2 unspecified atom stereocenters. The van der Waals surface area contributed by atoms with E-state index in [2.05, 4.69) is 0 Å². The van der Waals surface area contributed by atoms with Gasteiger partial charge < -0.3 is 15.7 Å². The molecule has 1 heterocycles. The summed E-state index contributed by atoms with van der Waals surface area (Å²) >= 11 is 0. The normalized spacial score (nSPS) is 36.5. The van der Waals surface area contributed by atoms with E-state index >= 15 is 0 Å². The predicted molar refractivity (Wildman–Crippen MR) is 64.2 cm³/mol. The average Bonchev–Trinajstić information content (AvgIpc) is 3.08. The molecule has 0 aromatic rings. The molecule has 0 spiro atoms. The van der Waals surface area contributed by atoms with Gasteiger partial charge in [0, 0.05) is 12.0 Å². The van der Waals surface area contributed by atoms with Gasteiger partial charge in [0.05, 0.1) is 13.1 Å². The van der Waals surface area contributed by atoms with Crippen LogP contribution in [0.2, 0.25) is 0 Å². The van der Waals surface area contributed by atoms with Gasteiger partial charge in [-0.15, -0.1) is 0 Å². The fourth-order valence-corrected chi connectivity index (χ4v) is 3.36. The van der Waals surface area contributed by atoms with Gasteiger partial charge in [-0.25, -0.2) is 0 Å². The number of rotatable bonds is 2. The maximum atomic E-state index is 12.2. The monoisotopic (exact) mass is 238 g/mol. The molecule has 1 aliphatic heterocycles. The summed E-state index contributed by atoms with van der Waals surface area (Å²) in [5, 5.41) is 10.2. The maximum absolute atomic E-state index is 12.2. The van der Waals surface area contributed by atoms with Crippen molar-refractivity contribution in [1.29, 1.82) is 0 Å². The lowest BCUT2D eigenvalue weighted by Gasteiger charge is -2.48. The Morgan fingerprint density at radius 3 is 2.53 bits per heavy atom. The third-order valence-corrected chi connectivity index (χ3v) is 4.64. The van der Waals surface area contributed by atoms with Crippen LogP contribution < -0.4 is 5.73 Å². The molecule has 3 aliphatic rings. The quantitative estimate of drug-likeness (QED) is 0.735. The number of nitrogens with zero attached hydrogens (tertiary/aromatic N) is 1. The molecule has 0 radical (unpaired) electrons. The van der Waals surface area contributed by atoms with E-state index in [0.29, 0.717) is 19.0 Å². The highest BCUT2D eigenvalue weighted by atomic mass is 16.3. The maximum Gasteiger partial charge on any atom is 0.225 e. The van der Waals surface area contributed by atoms with Gasteiger partial charge in [-0.1, -0.05) is 6.42 Å². The van der Waals surface area contributed by atoms with Crippen LogP contribution in [0, 0.1) is 11.8 Å². The molecule has 3 N–H and O–H groups in total. The fourth-order valence-electron chi connectivity index (χ4n) is 3.36. The van der Waals surface area contributed by atoms with Crippen LogP contribution in [-0.2, 0) is 4.79 Å². The number of amides is 1. The van der Waals surface area contributed by atoms with E-state index in [1.165, 1.54) is 0 Å². The van der Waals surface area contributed by atoms with E-state index in [0.717, 1.165) is 38.5 Å². The first-order valence-electron chi connectivity index (χ1n) is 6.85. The lowest BCUT2D eigenvalue weighted by atomic mass is 9.82. The number of hydrogen-bond donors (Lipinski definition) is 2. The molecule has 4 heteroatoms. The summed E-state index contributed by atoms with van der Waals surface area (Å²) in [6, 6.07) is 0.196. The Bertz CT molecular complexity index is 321. The van der Waals surface area contributed by atoms with Gasteiger partial charge in [0.2, 0.25) is 5.91 Å². The molecule has 2 aliphatic carbocycles. The molecule has 1 saturated heterocycles. The van der Waals surface area contributed by atoms with Gasteiger partial charge in [-0.3, -0.25) is 4.79 Å². The average molecular weight is 238 g/mol. The second-order valence-corrected chi connectivity index (χ2v) is 6.20. The van der Waals surface area contributed by atoms with Gasteiger partial charge in [0.15, 0.2) is 0 Å². The number of β-amino-alcohol motifs (C(OH)–C–C–N with tert-alkyl or cyclic N) is 1. The van der Waals surface area contributed by atoms with E-state index in [1.54, 1.807) is 0 Å². The van der Waals surface area contributed by atoms with E-state index in [-0.39, 0.29) is 17.9 Å². The number of likely N-dealkylation sites (tertiary alicyclic amines) is 1. The number of carbonyl (C=O) groups excluding carboxylic acids is 1. The van der Waals surface area contributed by atoms with Crippen LogP contribution in [0.1, 0.15) is 38.5 Å². The zero-order valence-electron chi connectivity index (χ0n) is 10.3. The first-order valence-corrected chi connectivity index (χ1v) is 6.85. The van der Waals surface area contributed by atoms with Crippen LogP contribution >= 0.6 is 0 Å². The summed E-state index contributed by atoms with van der Waals surface area (Å²) in [6.45, 7) is 1.12. The third kappa shape index (κ3) is 2.08. The van der Waals surface area contributed by atoms with Crippen LogP contribution in [0.15, 0.2) is 0 Å². The Hall–Kier alpha value is -0.610. The highest BCUT2D eigenvalue weighted by molar-refractivity contribution is 5.80. The van der Waals surface area contributed by atoms with Crippen molar-refractivity contribution in [1.82, 2.24) is 4.90 Å². The number of nitrogens with two attached hydrogens (primary N) is 1. The van der Waals surface area contributed by atoms with Crippen molar-refractivity contribution in [3.63, 3.8) is 0 Å². The molecule has 4 nitrogen and oxygen atoms in total. The fraction of sp³-hybridized carbons (Fsp3) is 0.923. The number of hydrogen-bond acceptors (Lipinski definition) is 3. The first-order chi connectivity index (χ1) is 8.08. The summed E-state index contributed by atoms with van der Waals surface area (Å²) in [5.74, 6) is 0.799. The minimum Gasteiger partial charge on any atom is -0.386 e. The molecule has 2 saturated carbocycles. The van der Waals surface area contributed by atoms with Crippen molar-refractivity contribution in [2.45, 2.75) is 50.2 Å². The van der Waals surface area contributed by atoms with Crippen molar-refractivity contribution in [2.24, 2.45) is 17.6 Å². The smallest absolute Gasteiger partial charge is 0.225 e. The molecule has 3 rings (SSSR count). The SMILES string of the molecule is NC1CCCC(C(=O)N2CC(O)(C3CC3)C2)C1. The van der Waals surface area contributed by atoms with Gasteiger partial charge >= 0.3 is 0 Å². The van der Waals surface area contributed by atoms with Gasteiger partial charge in [-0.2, -0.15) is 0 Å². The third-order valence-electron chi connectivity index (χ3n) is 4.64. The van der Waals surface area contributed by atoms with E-state index in [9.17, 15) is 9.90 Å². The molecule has 96 valence electrons. The van der Waals surface area contributed by atoms with E-state index in [4.69, 9.17) is 5.73 Å². The van der Waals surface area contributed by atoms with Crippen molar-refractivity contribution in [2.75, 3.05) is 13.1 Å². The molecule has 1 amide bonds. The second kappa shape index (κ2) is 3.95.